The molecule has 5 aromatic rings. The Kier molecular flexibility index (Phi) is 13.1. The summed E-state index contributed by atoms with van der Waals surface area (Å²) in [6.45, 7) is 8.17. The van der Waals surface area contributed by atoms with Crippen molar-refractivity contribution in [2.75, 3.05) is 18.9 Å². The summed E-state index contributed by atoms with van der Waals surface area (Å²) in [5.74, 6) is -3.80. The number of anilines is 1. The number of nitrogens with zero attached hydrogens (tertiary/aromatic N) is 3. The average molecular weight is 862 g/mol. The van der Waals surface area contributed by atoms with Crippen molar-refractivity contribution in [3.05, 3.63) is 124 Å². The molecule has 0 unspecified atom stereocenters. The van der Waals surface area contributed by atoms with E-state index in [0.29, 0.717) is 35.4 Å². The van der Waals surface area contributed by atoms with Crippen LogP contribution in [0.3, 0.4) is 0 Å². The Balaban J connectivity index is 0.903. The summed E-state index contributed by atoms with van der Waals surface area (Å²) in [5.41, 5.74) is 11.5. The molecule has 62 heavy (non-hydrogen) atoms. The van der Waals surface area contributed by atoms with Crippen molar-refractivity contribution in [3.8, 4) is 27.3 Å². The van der Waals surface area contributed by atoms with Crippen molar-refractivity contribution in [1.29, 1.82) is 0 Å². The lowest BCUT2D eigenvalue weighted by Gasteiger charge is -2.34. The van der Waals surface area contributed by atoms with Gasteiger partial charge in [-0.05, 0) is 65.8 Å². The molecular formula is C48H49F2N5O6S. The fourth-order valence-electron chi connectivity index (χ4n) is 7.94. The van der Waals surface area contributed by atoms with Crippen LogP contribution in [0.4, 0.5) is 14.5 Å². The van der Waals surface area contributed by atoms with Crippen molar-refractivity contribution in [1.82, 2.24) is 20.2 Å². The number of nitrogens with one attached hydrogen (secondary N) is 1. The number of carbonyl (C=O) groups excluding carboxylic acids is 4. The van der Waals surface area contributed by atoms with Crippen molar-refractivity contribution in [2.45, 2.75) is 78.5 Å². The van der Waals surface area contributed by atoms with Gasteiger partial charge in [0.1, 0.15) is 23.4 Å². The van der Waals surface area contributed by atoms with E-state index in [1.165, 1.54) is 4.90 Å². The smallest absolute Gasteiger partial charge is 0.243 e. The van der Waals surface area contributed by atoms with Crippen LogP contribution in [0.1, 0.15) is 79.3 Å². The molecule has 1 aliphatic heterocycles. The molecule has 4 N–H and O–H groups in total. The maximum atomic E-state index is 14.7. The third kappa shape index (κ3) is 9.66. The number of hydrogen-bond donors (Lipinski definition) is 3. The molecule has 0 spiro atoms. The number of aromatic nitrogens is 2. The summed E-state index contributed by atoms with van der Waals surface area (Å²) >= 11 is 1.57. The van der Waals surface area contributed by atoms with Crippen LogP contribution >= 0.6 is 11.3 Å². The SMILES string of the molecule is Cc1ncsc1-c1ccc(CNC(=O)[C@@H]2C[C@@H](O)CN2C(=O)[C@@H](CC(=O)CCCOc2ccc(-c3cnc4c(c3)C(C(=O)c3c(F)ccc(N)c3F)=CC4)cc2)C(C)(C)C)cc1. The molecule has 1 fully saturated rings. The van der Waals surface area contributed by atoms with E-state index in [4.69, 9.17) is 10.5 Å². The molecular weight excluding hydrogens is 813 g/mol. The fraction of sp³-hybridized carbons (Fsp3) is 0.333. The van der Waals surface area contributed by atoms with Crippen LogP contribution in [-0.2, 0) is 27.3 Å². The summed E-state index contributed by atoms with van der Waals surface area (Å²) < 4.78 is 35.2. The van der Waals surface area contributed by atoms with Gasteiger partial charge in [-0.25, -0.2) is 13.8 Å². The van der Waals surface area contributed by atoms with Gasteiger partial charge in [0, 0.05) is 67.6 Å². The molecule has 7 rings (SSSR count). The number of hydrogen-bond acceptors (Lipinski definition) is 10. The van der Waals surface area contributed by atoms with Crippen LogP contribution in [0.5, 0.6) is 5.75 Å². The quantitative estimate of drug-likeness (QED) is 0.0539. The van der Waals surface area contributed by atoms with E-state index in [2.05, 4.69) is 15.3 Å². The Bertz CT molecular complexity index is 2530. The Morgan fingerprint density at radius 1 is 1.00 bits per heavy atom. The Morgan fingerprint density at radius 2 is 1.73 bits per heavy atom. The van der Waals surface area contributed by atoms with Crippen LogP contribution in [0.2, 0.25) is 0 Å². The Labute approximate surface area is 363 Å². The predicted octanol–water partition coefficient (Wildman–Crippen LogP) is 7.92. The second-order valence-electron chi connectivity index (χ2n) is 16.9. The number of halogens is 2. The zero-order valence-corrected chi connectivity index (χ0v) is 35.9. The highest BCUT2D eigenvalue weighted by molar-refractivity contribution is 7.13. The summed E-state index contributed by atoms with van der Waals surface area (Å²) in [6, 6.07) is 18.0. The number of carbonyl (C=O) groups is 4. The van der Waals surface area contributed by atoms with Gasteiger partial charge < -0.3 is 25.8 Å². The minimum absolute atomic E-state index is 0.00977. The zero-order chi connectivity index (χ0) is 44.3. The van der Waals surface area contributed by atoms with Crippen LogP contribution in [0.15, 0.2) is 84.5 Å². The molecule has 3 aromatic carbocycles. The van der Waals surface area contributed by atoms with Crippen LogP contribution in [0.25, 0.3) is 27.1 Å². The standard InChI is InChI=1S/C48H49F2N5O6S/c1-27-45(62-26-54-27)30-9-7-28(8-10-30)23-53-46(59)41-22-33(57)25-55(41)47(60)37(48(2,3)4)21-32(56)6-5-19-61-34-13-11-29(12-14-34)31-20-36-35(15-18-40(36)52-24-31)44(58)42-38(49)16-17-39(51)43(42)50/h7-17,20,24,26,33,37,41,57H,5-6,18-19,21-23,25,51H2,1-4H3,(H,53,59)/t33-,37-,41+/m1/s1. The molecule has 2 amide bonds. The molecule has 0 bridgehead atoms. The minimum Gasteiger partial charge on any atom is -0.494 e. The number of aliphatic hydroxyl groups is 1. The van der Waals surface area contributed by atoms with Crippen LogP contribution < -0.4 is 15.8 Å². The first-order valence-corrected chi connectivity index (χ1v) is 21.4. The number of aryl methyl sites for hydroxylation is 1. The monoisotopic (exact) mass is 861 g/mol. The lowest BCUT2D eigenvalue weighted by Crippen LogP contribution is -2.50. The van der Waals surface area contributed by atoms with E-state index >= 15 is 0 Å². The summed E-state index contributed by atoms with van der Waals surface area (Å²) in [4.78, 5) is 65.5. The number of rotatable bonds is 15. The molecule has 14 heteroatoms. The van der Waals surface area contributed by atoms with Crippen molar-refractivity contribution in [2.24, 2.45) is 11.3 Å². The number of benzene rings is 3. The maximum Gasteiger partial charge on any atom is 0.243 e. The Hall–Kier alpha value is -6.12. The van der Waals surface area contributed by atoms with Gasteiger partial charge in [-0.15, -0.1) is 11.3 Å². The number of aliphatic hydroxyl groups excluding tert-OH is 1. The molecule has 1 saturated heterocycles. The lowest BCUT2D eigenvalue weighted by molar-refractivity contribution is -0.146. The van der Waals surface area contributed by atoms with E-state index in [1.807, 2.05) is 69.6 Å². The first-order chi connectivity index (χ1) is 29.6. The highest BCUT2D eigenvalue weighted by Crippen LogP contribution is 2.36. The normalized spacial score (nSPS) is 16.4. The van der Waals surface area contributed by atoms with Gasteiger partial charge in [0.2, 0.25) is 11.8 Å². The number of likely N-dealkylation sites (tertiary alicyclic amines) is 1. The van der Waals surface area contributed by atoms with Gasteiger partial charge in [0.15, 0.2) is 11.6 Å². The van der Waals surface area contributed by atoms with Crippen molar-refractivity contribution < 1.29 is 37.8 Å². The van der Waals surface area contributed by atoms with Gasteiger partial charge in [-0.1, -0.05) is 63.2 Å². The van der Waals surface area contributed by atoms with E-state index in [9.17, 15) is 33.1 Å². The topological polar surface area (TPSA) is 165 Å². The largest absolute Gasteiger partial charge is 0.494 e. The molecule has 322 valence electrons. The molecule has 1 aliphatic carbocycles. The van der Waals surface area contributed by atoms with Crippen molar-refractivity contribution >= 4 is 46.0 Å². The number of pyridine rings is 1. The van der Waals surface area contributed by atoms with E-state index < -0.39 is 46.5 Å². The number of amides is 2. The minimum atomic E-state index is -1.09. The summed E-state index contributed by atoms with van der Waals surface area (Å²) in [5, 5.41) is 13.5. The van der Waals surface area contributed by atoms with E-state index in [1.54, 1.807) is 41.8 Å². The molecule has 2 aliphatic rings. The first-order valence-electron chi connectivity index (χ1n) is 20.6. The molecule has 3 heterocycles. The highest BCUT2D eigenvalue weighted by atomic mass is 32.1. The second-order valence-corrected chi connectivity index (χ2v) is 17.8. The third-order valence-corrected chi connectivity index (χ3v) is 12.5. The number of β-amino-alcohol motifs (C(OH)–C–C–N with tert-alkyl or cyclic N) is 1. The summed E-state index contributed by atoms with van der Waals surface area (Å²) in [6.07, 6.45) is 3.47. The summed E-state index contributed by atoms with van der Waals surface area (Å²) in [7, 11) is 0. The fourth-order valence-corrected chi connectivity index (χ4v) is 8.76. The van der Waals surface area contributed by atoms with Gasteiger partial charge in [-0.3, -0.25) is 24.2 Å². The first kappa shape index (κ1) is 44.0. The lowest BCUT2D eigenvalue weighted by atomic mass is 9.76. The van der Waals surface area contributed by atoms with Gasteiger partial charge in [0.05, 0.1) is 45.7 Å². The molecule has 2 aromatic heterocycles. The van der Waals surface area contributed by atoms with Gasteiger partial charge in [-0.2, -0.15) is 0 Å². The number of Topliss-reactive ketones (excluding diaryl/α,β-unsaturated/α-hetero) is 2. The van der Waals surface area contributed by atoms with Crippen LogP contribution in [-0.4, -0.2) is 68.7 Å². The number of ether oxygens (including phenoxy) is 1. The number of nitrogens with two attached hydrogens (primary N) is 1. The number of ketones is 2. The molecule has 0 saturated carbocycles. The zero-order valence-electron chi connectivity index (χ0n) is 35.0. The van der Waals surface area contributed by atoms with Gasteiger partial charge >= 0.3 is 0 Å². The number of nitrogen functional groups attached to an aromatic ring is 1. The maximum absolute atomic E-state index is 14.7. The van der Waals surface area contributed by atoms with E-state index in [-0.39, 0.29) is 67.8 Å². The third-order valence-electron chi connectivity index (χ3n) is 11.5. The average Bonchev–Trinajstić information content (AvgIpc) is 3.99. The van der Waals surface area contributed by atoms with Crippen LogP contribution in [0, 0.1) is 29.9 Å². The Morgan fingerprint density at radius 3 is 2.42 bits per heavy atom. The van der Waals surface area contributed by atoms with E-state index in [0.717, 1.165) is 39.4 Å². The predicted molar refractivity (Wildman–Crippen MR) is 234 cm³/mol. The number of allylic oxidation sites excluding steroid dienone is 2. The number of thiazole rings is 1. The molecule has 11 nitrogen and oxygen atoms in total. The molecule has 0 radical (unpaired) electrons. The second kappa shape index (κ2) is 18.5. The highest BCUT2D eigenvalue weighted by Gasteiger charge is 2.44. The number of fused-ring (bicyclic) bond motifs is 1. The molecule has 3 atom stereocenters. The van der Waals surface area contributed by atoms with Gasteiger partial charge in [0.25, 0.3) is 0 Å². The van der Waals surface area contributed by atoms with Crippen molar-refractivity contribution in [3.63, 3.8) is 0 Å².